The predicted molar refractivity (Wildman–Crippen MR) is 77.5 cm³/mol. The van der Waals surface area contributed by atoms with Crippen LogP contribution < -0.4 is 10.1 Å². The molecule has 0 spiro atoms. The zero-order valence-corrected chi connectivity index (χ0v) is 12.2. The summed E-state index contributed by atoms with van der Waals surface area (Å²) in [5, 5.41) is 12.6. The average Bonchev–Trinajstić information content (AvgIpc) is 2.48. The molecule has 116 valence electrons. The van der Waals surface area contributed by atoms with Gasteiger partial charge in [-0.1, -0.05) is 25.0 Å². The molecule has 0 aliphatic heterocycles. The van der Waals surface area contributed by atoms with Gasteiger partial charge in [-0.15, -0.1) is 0 Å². The van der Waals surface area contributed by atoms with Crippen LogP contribution in [-0.2, 0) is 4.79 Å². The Hall–Kier alpha value is -1.62. The maximum Gasteiger partial charge on any atom is 0.260 e. The van der Waals surface area contributed by atoms with Crippen molar-refractivity contribution in [3.05, 3.63) is 30.1 Å². The Kier molecular flexibility index (Phi) is 5.56. The summed E-state index contributed by atoms with van der Waals surface area (Å²) in [6.45, 7) is 2.02. The molecule has 1 aliphatic rings. The summed E-state index contributed by atoms with van der Waals surface area (Å²) in [5.74, 6) is -0.614. The van der Waals surface area contributed by atoms with Gasteiger partial charge in [0.15, 0.2) is 17.7 Å². The molecule has 2 N–H and O–H groups in total. The molecule has 1 aromatic carbocycles. The summed E-state index contributed by atoms with van der Waals surface area (Å²) >= 11 is 0. The van der Waals surface area contributed by atoms with E-state index in [4.69, 9.17) is 4.74 Å². The van der Waals surface area contributed by atoms with Gasteiger partial charge in [-0.25, -0.2) is 4.39 Å². The molecule has 1 fully saturated rings. The normalized spacial score (nSPS) is 23.4. The van der Waals surface area contributed by atoms with Crippen molar-refractivity contribution >= 4 is 5.91 Å². The third-order valence-corrected chi connectivity index (χ3v) is 3.92. The van der Waals surface area contributed by atoms with Crippen molar-refractivity contribution in [1.29, 1.82) is 0 Å². The first kappa shape index (κ1) is 15.8. The number of carbonyl (C=O) groups excluding carboxylic acids is 1. The molecular formula is C16H22FNO3. The van der Waals surface area contributed by atoms with Crippen molar-refractivity contribution in [3.63, 3.8) is 0 Å². The van der Waals surface area contributed by atoms with Crippen LogP contribution in [0.1, 0.15) is 32.6 Å². The van der Waals surface area contributed by atoms with Gasteiger partial charge in [0.1, 0.15) is 0 Å². The highest BCUT2D eigenvalue weighted by Gasteiger charge is 2.24. The molecule has 3 unspecified atom stereocenters. The van der Waals surface area contributed by atoms with Crippen molar-refractivity contribution in [2.24, 2.45) is 5.92 Å². The third kappa shape index (κ3) is 4.43. The third-order valence-electron chi connectivity index (χ3n) is 3.92. The summed E-state index contributed by atoms with van der Waals surface area (Å²) in [5.41, 5.74) is 0. The fraction of sp³-hybridized carbons (Fsp3) is 0.562. The van der Waals surface area contributed by atoms with Crippen LogP contribution in [0.3, 0.4) is 0 Å². The molecule has 3 atom stereocenters. The fourth-order valence-electron chi connectivity index (χ4n) is 2.59. The lowest BCUT2D eigenvalue weighted by molar-refractivity contribution is -0.127. The highest BCUT2D eigenvalue weighted by molar-refractivity contribution is 5.80. The Morgan fingerprint density at radius 3 is 2.86 bits per heavy atom. The van der Waals surface area contributed by atoms with E-state index in [0.717, 1.165) is 25.7 Å². The van der Waals surface area contributed by atoms with E-state index in [0.29, 0.717) is 6.54 Å². The first-order chi connectivity index (χ1) is 10.1. The van der Waals surface area contributed by atoms with E-state index >= 15 is 0 Å². The summed E-state index contributed by atoms with van der Waals surface area (Å²) < 4.78 is 18.8. The summed E-state index contributed by atoms with van der Waals surface area (Å²) in [7, 11) is 0. The van der Waals surface area contributed by atoms with Gasteiger partial charge in [0.2, 0.25) is 0 Å². The number of amides is 1. The Morgan fingerprint density at radius 1 is 1.43 bits per heavy atom. The first-order valence-corrected chi connectivity index (χ1v) is 7.45. The van der Waals surface area contributed by atoms with Crippen LogP contribution in [-0.4, -0.2) is 29.8 Å². The van der Waals surface area contributed by atoms with E-state index in [1.54, 1.807) is 19.1 Å². The maximum absolute atomic E-state index is 13.5. The van der Waals surface area contributed by atoms with Crippen molar-refractivity contribution < 1.29 is 19.0 Å². The lowest BCUT2D eigenvalue weighted by Crippen LogP contribution is -2.42. The number of aliphatic hydroxyl groups excluding tert-OH is 1. The first-order valence-electron chi connectivity index (χ1n) is 7.45. The zero-order valence-electron chi connectivity index (χ0n) is 12.2. The number of ether oxygens (including phenoxy) is 1. The van der Waals surface area contributed by atoms with Crippen LogP contribution in [0.5, 0.6) is 5.75 Å². The minimum absolute atomic E-state index is 0.0675. The van der Waals surface area contributed by atoms with E-state index in [9.17, 15) is 14.3 Å². The van der Waals surface area contributed by atoms with Gasteiger partial charge in [-0.05, 0) is 31.9 Å². The smallest absolute Gasteiger partial charge is 0.260 e. The zero-order chi connectivity index (χ0) is 15.2. The van der Waals surface area contributed by atoms with Crippen LogP contribution in [0.2, 0.25) is 0 Å². The molecule has 0 aromatic heterocycles. The molecule has 4 nitrogen and oxygen atoms in total. The van der Waals surface area contributed by atoms with Crippen LogP contribution in [0.4, 0.5) is 4.39 Å². The Labute approximate surface area is 124 Å². The SMILES string of the molecule is CC(Oc1ccccc1F)C(=O)NCC1CCCCC1O. The van der Waals surface area contributed by atoms with Crippen molar-refractivity contribution in [3.8, 4) is 5.75 Å². The molecule has 0 heterocycles. The van der Waals surface area contributed by atoms with Crippen LogP contribution in [0.25, 0.3) is 0 Å². The van der Waals surface area contributed by atoms with Crippen LogP contribution >= 0.6 is 0 Å². The minimum Gasteiger partial charge on any atom is -0.478 e. The van der Waals surface area contributed by atoms with E-state index in [2.05, 4.69) is 5.32 Å². The number of halogens is 1. The average molecular weight is 295 g/mol. The van der Waals surface area contributed by atoms with E-state index in [1.807, 2.05) is 0 Å². The predicted octanol–water partition coefficient (Wildman–Crippen LogP) is 2.26. The quantitative estimate of drug-likeness (QED) is 0.876. The van der Waals surface area contributed by atoms with Crippen molar-refractivity contribution in [2.75, 3.05) is 6.54 Å². The monoisotopic (exact) mass is 295 g/mol. The second kappa shape index (κ2) is 7.41. The molecule has 1 amide bonds. The summed E-state index contributed by atoms with van der Waals surface area (Å²) in [6, 6.07) is 6.00. The Bertz CT molecular complexity index is 480. The topological polar surface area (TPSA) is 58.6 Å². The van der Waals surface area contributed by atoms with Gasteiger partial charge in [-0.2, -0.15) is 0 Å². The molecule has 0 bridgehead atoms. The molecule has 1 aliphatic carbocycles. The van der Waals surface area contributed by atoms with Crippen molar-refractivity contribution in [2.45, 2.75) is 44.8 Å². The lowest BCUT2D eigenvalue weighted by atomic mass is 9.86. The molecule has 0 saturated heterocycles. The van der Waals surface area contributed by atoms with Crippen LogP contribution in [0.15, 0.2) is 24.3 Å². The van der Waals surface area contributed by atoms with Gasteiger partial charge >= 0.3 is 0 Å². The number of nitrogens with one attached hydrogen (secondary N) is 1. The summed E-state index contributed by atoms with van der Waals surface area (Å²) in [6.07, 6.45) is 2.72. The van der Waals surface area contributed by atoms with Crippen LogP contribution in [0, 0.1) is 11.7 Å². The lowest BCUT2D eigenvalue weighted by Gasteiger charge is -2.28. The van der Waals surface area contributed by atoms with Gasteiger partial charge in [-0.3, -0.25) is 4.79 Å². The molecule has 21 heavy (non-hydrogen) atoms. The number of aliphatic hydroxyl groups is 1. The van der Waals surface area contributed by atoms with E-state index < -0.39 is 11.9 Å². The molecular weight excluding hydrogens is 273 g/mol. The molecule has 1 aromatic rings. The second-order valence-corrected chi connectivity index (χ2v) is 5.55. The number of carbonyl (C=O) groups is 1. The molecule has 0 radical (unpaired) electrons. The fourth-order valence-corrected chi connectivity index (χ4v) is 2.59. The largest absolute Gasteiger partial charge is 0.478 e. The highest BCUT2D eigenvalue weighted by Crippen LogP contribution is 2.23. The van der Waals surface area contributed by atoms with E-state index in [1.165, 1.54) is 12.1 Å². The van der Waals surface area contributed by atoms with Gasteiger partial charge < -0.3 is 15.2 Å². The van der Waals surface area contributed by atoms with Gasteiger partial charge in [0.25, 0.3) is 5.91 Å². The Balaban J connectivity index is 1.81. The number of para-hydroxylation sites is 1. The number of hydrogen-bond donors (Lipinski definition) is 2. The standard InChI is InChI=1S/C16H22FNO3/c1-11(21-15-9-5-3-7-13(15)17)16(20)18-10-12-6-2-4-8-14(12)19/h3,5,7,9,11-12,14,19H,2,4,6,8,10H2,1H3,(H,18,20). The highest BCUT2D eigenvalue weighted by atomic mass is 19.1. The van der Waals surface area contributed by atoms with Gasteiger partial charge in [0, 0.05) is 12.5 Å². The number of rotatable bonds is 5. The molecule has 2 rings (SSSR count). The maximum atomic E-state index is 13.5. The van der Waals surface area contributed by atoms with Gasteiger partial charge in [0.05, 0.1) is 6.10 Å². The number of hydrogen-bond acceptors (Lipinski definition) is 3. The summed E-state index contributed by atoms with van der Waals surface area (Å²) in [4.78, 5) is 12.0. The van der Waals surface area contributed by atoms with E-state index in [-0.39, 0.29) is 23.7 Å². The minimum atomic E-state index is -0.775. The molecule has 5 heteroatoms. The second-order valence-electron chi connectivity index (χ2n) is 5.55. The Morgan fingerprint density at radius 2 is 2.14 bits per heavy atom. The van der Waals surface area contributed by atoms with Crippen molar-refractivity contribution in [1.82, 2.24) is 5.32 Å². The number of benzene rings is 1. The molecule has 1 saturated carbocycles.